The Morgan fingerprint density at radius 1 is 1.26 bits per heavy atom. The first-order valence-corrected chi connectivity index (χ1v) is 10.2. The second-order valence-electron chi connectivity index (χ2n) is 9.38. The molecule has 8 heteroatoms. The van der Waals surface area contributed by atoms with Crippen LogP contribution >= 0.6 is 0 Å². The fourth-order valence-corrected chi connectivity index (χ4v) is 3.64. The Balaban J connectivity index is 2.53. The third-order valence-corrected chi connectivity index (χ3v) is 4.76. The second kappa shape index (κ2) is 9.16. The third-order valence-electron chi connectivity index (χ3n) is 4.76. The number of halogens is 2. The zero-order valence-electron chi connectivity index (χ0n) is 18.8. The Morgan fingerprint density at radius 2 is 1.84 bits per heavy atom. The molecule has 0 spiro atoms. The number of rotatable bonds is 6. The molecule has 0 bridgehead atoms. The highest BCUT2D eigenvalue weighted by Gasteiger charge is 2.46. The summed E-state index contributed by atoms with van der Waals surface area (Å²) in [5.74, 6) is -4.22. The van der Waals surface area contributed by atoms with Gasteiger partial charge in [0.1, 0.15) is 23.2 Å². The molecule has 0 radical (unpaired) electrons. The Hall–Kier alpha value is -2.77. The van der Waals surface area contributed by atoms with Crippen molar-refractivity contribution in [1.29, 1.82) is 0 Å². The van der Waals surface area contributed by atoms with Crippen molar-refractivity contribution in [2.45, 2.75) is 59.1 Å². The zero-order chi connectivity index (χ0) is 23.6. The fourth-order valence-electron chi connectivity index (χ4n) is 3.64. The number of nitrogens with zero attached hydrogens (tertiary/aromatic N) is 1. The quantitative estimate of drug-likeness (QED) is 0.668. The van der Waals surface area contributed by atoms with Crippen LogP contribution in [0.4, 0.5) is 13.6 Å². The van der Waals surface area contributed by atoms with Crippen molar-refractivity contribution >= 4 is 23.3 Å². The van der Waals surface area contributed by atoms with Crippen LogP contribution in [-0.2, 0) is 9.53 Å². The molecule has 0 saturated heterocycles. The van der Waals surface area contributed by atoms with Gasteiger partial charge in [0, 0.05) is 12.3 Å². The molecule has 2 unspecified atom stereocenters. The fraction of sp³-hybridized carbons (Fsp3) is 0.522. The highest BCUT2D eigenvalue weighted by atomic mass is 19.1. The Labute approximate surface area is 181 Å². The van der Waals surface area contributed by atoms with E-state index in [2.05, 4.69) is 10.3 Å². The number of hydrogen-bond donors (Lipinski definition) is 2. The van der Waals surface area contributed by atoms with E-state index in [-0.39, 0.29) is 18.0 Å². The number of alkyl carbamates (subject to hydrolysis) is 1. The van der Waals surface area contributed by atoms with Crippen LogP contribution in [0, 0.1) is 23.5 Å². The molecule has 1 aliphatic heterocycles. The number of carbonyl (C=O) groups excluding carboxylic acids is 1. The molecule has 1 amide bonds. The molecule has 0 aliphatic carbocycles. The van der Waals surface area contributed by atoms with Crippen molar-refractivity contribution in [2.24, 2.45) is 16.8 Å². The number of ether oxygens (including phenoxy) is 1. The van der Waals surface area contributed by atoms with Gasteiger partial charge in [-0.2, -0.15) is 0 Å². The molecule has 1 heterocycles. The average molecular weight is 436 g/mol. The number of carboxylic acids is 1. The first-order valence-electron chi connectivity index (χ1n) is 10.2. The van der Waals surface area contributed by atoms with Crippen LogP contribution < -0.4 is 5.32 Å². The van der Waals surface area contributed by atoms with Crippen molar-refractivity contribution in [3.05, 3.63) is 41.5 Å². The monoisotopic (exact) mass is 436 g/mol. The normalized spacial score (nSPS) is 21.4. The van der Waals surface area contributed by atoms with Crippen molar-refractivity contribution in [3.8, 4) is 0 Å². The number of aliphatic imine (C=N–C) groups is 1. The van der Waals surface area contributed by atoms with Crippen molar-refractivity contribution in [3.63, 3.8) is 0 Å². The molecule has 2 atom stereocenters. The summed E-state index contributed by atoms with van der Waals surface area (Å²) in [6, 6.07) is 3.39. The molecule has 6 nitrogen and oxygen atoms in total. The largest absolute Gasteiger partial charge is 0.481 e. The SMILES string of the molecule is CC(C)CC1=NC(C)(CNC(=O)OC(C)(C)C)C(C(=O)O)C(c2c(F)cccc2F)=C1. The van der Waals surface area contributed by atoms with E-state index in [0.29, 0.717) is 12.1 Å². The summed E-state index contributed by atoms with van der Waals surface area (Å²) in [6.07, 6.45) is 1.20. The summed E-state index contributed by atoms with van der Waals surface area (Å²) >= 11 is 0. The maximum Gasteiger partial charge on any atom is 0.407 e. The van der Waals surface area contributed by atoms with Crippen LogP contribution in [0.1, 0.15) is 53.5 Å². The van der Waals surface area contributed by atoms with E-state index in [1.165, 1.54) is 12.1 Å². The Bertz CT molecular complexity index is 898. The van der Waals surface area contributed by atoms with E-state index in [0.717, 1.165) is 12.1 Å². The van der Waals surface area contributed by atoms with E-state index in [1.807, 2.05) is 13.8 Å². The van der Waals surface area contributed by atoms with Gasteiger partial charge in [-0.05, 0) is 63.8 Å². The van der Waals surface area contributed by atoms with Gasteiger partial charge in [0.2, 0.25) is 0 Å². The van der Waals surface area contributed by atoms with Crippen molar-refractivity contribution in [1.82, 2.24) is 5.32 Å². The van der Waals surface area contributed by atoms with Gasteiger partial charge in [-0.25, -0.2) is 13.6 Å². The average Bonchev–Trinajstić information content (AvgIpc) is 2.57. The lowest BCUT2D eigenvalue weighted by Crippen LogP contribution is -2.51. The predicted molar refractivity (Wildman–Crippen MR) is 115 cm³/mol. The Kier molecular flexibility index (Phi) is 7.24. The first kappa shape index (κ1) is 24.5. The van der Waals surface area contributed by atoms with Gasteiger partial charge < -0.3 is 15.2 Å². The maximum absolute atomic E-state index is 14.6. The van der Waals surface area contributed by atoms with Crippen LogP contribution in [0.25, 0.3) is 5.57 Å². The van der Waals surface area contributed by atoms with Gasteiger partial charge >= 0.3 is 12.1 Å². The lowest BCUT2D eigenvalue weighted by molar-refractivity contribution is -0.141. The molecule has 170 valence electrons. The number of benzene rings is 1. The lowest BCUT2D eigenvalue weighted by Gasteiger charge is -2.37. The molecule has 1 aromatic rings. The van der Waals surface area contributed by atoms with E-state index in [1.54, 1.807) is 27.7 Å². The number of hydrogen-bond acceptors (Lipinski definition) is 4. The van der Waals surface area contributed by atoms with E-state index < -0.39 is 46.3 Å². The van der Waals surface area contributed by atoms with Gasteiger partial charge in [-0.15, -0.1) is 0 Å². The number of aliphatic carboxylic acids is 1. The lowest BCUT2D eigenvalue weighted by atomic mass is 9.74. The molecule has 1 aromatic carbocycles. The summed E-state index contributed by atoms with van der Waals surface area (Å²) in [5, 5.41) is 12.6. The topological polar surface area (TPSA) is 88.0 Å². The van der Waals surface area contributed by atoms with Gasteiger partial charge in [-0.1, -0.05) is 19.9 Å². The minimum absolute atomic E-state index is 0.0118. The van der Waals surface area contributed by atoms with Crippen LogP contribution in [0.3, 0.4) is 0 Å². The predicted octanol–water partition coefficient (Wildman–Crippen LogP) is 4.83. The molecule has 0 saturated carbocycles. The molecule has 0 fully saturated rings. The number of dihydropyridines is 1. The summed E-state index contributed by atoms with van der Waals surface area (Å²) in [5.41, 5.74) is -2.02. The molecule has 1 aliphatic rings. The van der Waals surface area contributed by atoms with Crippen LogP contribution in [-0.4, -0.2) is 40.6 Å². The minimum atomic E-state index is -1.38. The molecule has 2 rings (SSSR count). The molecular weight excluding hydrogens is 406 g/mol. The summed E-state index contributed by atoms with van der Waals surface area (Å²) in [6.45, 7) is 10.4. The van der Waals surface area contributed by atoms with Crippen molar-refractivity contribution < 1.29 is 28.2 Å². The van der Waals surface area contributed by atoms with Gasteiger partial charge in [0.15, 0.2) is 0 Å². The first-order chi connectivity index (χ1) is 14.2. The molecular formula is C23H30F2N2O4. The van der Waals surface area contributed by atoms with Gasteiger partial charge in [-0.3, -0.25) is 9.79 Å². The number of carboxylic acid groups (broad SMARTS) is 1. The third kappa shape index (κ3) is 6.12. The second-order valence-corrected chi connectivity index (χ2v) is 9.38. The number of nitrogens with one attached hydrogen (secondary N) is 1. The van der Waals surface area contributed by atoms with Gasteiger partial charge in [0.25, 0.3) is 0 Å². The highest BCUT2D eigenvalue weighted by molar-refractivity contribution is 6.07. The van der Waals surface area contributed by atoms with E-state index >= 15 is 0 Å². The standard InChI is InChI=1S/C23H30F2N2O4/c1-13(2)10-14-11-15(18-16(24)8-7-9-17(18)25)19(20(28)29)23(6,27-14)12-26-21(30)31-22(3,4)5/h7-9,11,13,19H,10,12H2,1-6H3,(H,26,30)(H,28,29). The van der Waals surface area contributed by atoms with Crippen LogP contribution in [0.5, 0.6) is 0 Å². The zero-order valence-corrected chi connectivity index (χ0v) is 18.8. The smallest absolute Gasteiger partial charge is 0.407 e. The Morgan fingerprint density at radius 3 is 2.32 bits per heavy atom. The number of allylic oxidation sites excluding steroid dienone is 1. The molecule has 0 aromatic heterocycles. The van der Waals surface area contributed by atoms with Crippen LogP contribution in [0.2, 0.25) is 0 Å². The van der Waals surface area contributed by atoms with E-state index in [9.17, 15) is 23.5 Å². The number of carbonyl (C=O) groups is 2. The summed E-state index contributed by atoms with van der Waals surface area (Å²) in [7, 11) is 0. The minimum Gasteiger partial charge on any atom is -0.481 e. The van der Waals surface area contributed by atoms with Crippen LogP contribution in [0.15, 0.2) is 29.3 Å². The van der Waals surface area contributed by atoms with Crippen molar-refractivity contribution in [2.75, 3.05) is 6.54 Å². The summed E-state index contributed by atoms with van der Waals surface area (Å²) in [4.78, 5) is 29.1. The number of amides is 1. The molecule has 31 heavy (non-hydrogen) atoms. The van der Waals surface area contributed by atoms with E-state index in [4.69, 9.17) is 4.74 Å². The van der Waals surface area contributed by atoms with Gasteiger partial charge in [0.05, 0.1) is 11.1 Å². The highest BCUT2D eigenvalue weighted by Crippen LogP contribution is 2.40. The molecule has 2 N–H and O–H groups in total. The summed E-state index contributed by atoms with van der Waals surface area (Å²) < 4.78 is 34.4. The maximum atomic E-state index is 14.6.